The van der Waals surface area contributed by atoms with Gasteiger partial charge in [-0.2, -0.15) is 0 Å². The van der Waals surface area contributed by atoms with Crippen molar-refractivity contribution in [1.29, 1.82) is 0 Å². The first-order chi connectivity index (χ1) is 9.58. The van der Waals surface area contributed by atoms with E-state index in [1.54, 1.807) is 0 Å². The number of rotatable bonds is 4. The molecule has 0 saturated heterocycles. The molecule has 1 aromatic heterocycles. The minimum atomic E-state index is 0.135. The maximum atomic E-state index is 9.01. The van der Waals surface area contributed by atoms with Crippen molar-refractivity contribution >= 4 is 11.7 Å². The third-order valence-electron chi connectivity index (χ3n) is 4.25. The lowest BCUT2D eigenvalue weighted by Gasteiger charge is -2.28. The molecule has 1 aromatic rings. The van der Waals surface area contributed by atoms with Gasteiger partial charge in [0.05, 0.1) is 5.56 Å². The highest BCUT2D eigenvalue weighted by Crippen LogP contribution is 2.27. The zero-order chi connectivity index (χ0) is 14.7. The summed E-state index contributed by atoms with van der Waals surface area (Å²) in [6, 6.07) is 2.40. The molecule has 0 aliphatic heterocycles. The Kier molecular flexibility index (Phi) is 4.47. The van der Waals surface area contributed by atoms with E-state index >= 15 is 0 Å². The second kappa shape index (κ2) is 6.11. The van der Waals surface area contributed by atoms with Crippen molar-refractivity contribution in [3.63, 3.8) is 0 Å². The Hall–Kier alpha value is -1.78. The van der Waals surface area contributed by atoms with E-state index in [-0.39, 0.29) is 5.84 Å². The van der Waals surface area contributed by atoms with E-state index in [9.17, 15) is 0 Å². The van der Waals surface area contributed by atoms with Gasteiger partial charge in [0.1, 0.15) is 5.82 Å². The predicted molar refractivity (Wildman–Crippen MR) is 81.5 cm³/mol. The molecule has 1 atom stereocenters. The number of amidine groups is 1. The largest absolute Gasteiger partial charge is 0.409 e. The topological polar surface area (TPSA) is 74.7 Å². The summed E-state index contributed by atoms with van der Waals surface area (Å²) in [6.45, 7) is 4.29. The monoisotopic (exact) mass is 276 g/mol. The molecule has 20 heavy (non-hydrogen) atoms. The molecule has 1 heterocycles. The van der Waals surface area contributed by atoms with Gasteiger partial charge in [-0.05, 0) is 50.7 Å². The van der Waals surface area contributed by atoms with E-state index in [0.29, 0.717) is 6.04 Å². The van der Waals surface area contributed by atoms with Crippen LogP contribution in [0.4, 0.5) is 5.82 Å². The van der Waals surface area contributed by atoms with Gasteiger partial charge in [0.2, 0.25) is 0 Å². The zero-order valence-electron chi connectivity index (χ0n) is 12.6. The second-order valence-corrected chi connectivity index (χ2v) is 5.53. The van der Waals surface area contributed by atoms with Gasteiger partial charge >= 0.3 is 0 Å². The van der Waals surface area contributed by atoms with Crippen LogP contribution >= 0.6 is 0 Å². The van der Waals surface area contributed by atoms with Crippen molar-refractivity contribution in [3.8, 4) is 0 Å². The van der Waals surface area contributed by atoms with Gasteiger partial charge < -0.3 is 15.8 Å². The van der Waals surface area contributed by atoms with Crippen LogP contribution in [0.15, 0.2) is 11.2 Å². The maximum Gasteiger partial charge on any atom is 0.173 e. The number of nitrogens with zero attached hydrogens (tertiary/aromatic N) is 3. The van der Waals surface area contributed by atoms with Crippen molar-refractivity contribution in [2.75, 3.05) is 11.9 Å². The SMILES string of the molecule is CCC(C)N(C)c1nc2c(cc1C(N)=NO)CCCC2. The van der Waals surface area contributed by atoms with E-state index < -0.39 is 0 Å². The molecule has 0 spiro atoms. The Labute approximate surface area is 120 Å². The third-order valence-corrected chi connectivity index (χ3v) is 4.25. The summed E-state index contributed by atoms with van der Waals surface area (Å²) in [5.74, 6) is 0.950. The summed E-state index contributed by atoms with van der Waals surface area (Å²) in [6.07, 6.45) is 5.44. The summed E-state index contributed by atoms with van der Waals surface area (Å²) < 4.78 is 0. The number of anilines is 1. The number of aryl methyl sites for hydroxylation is 2. The zero-order valence-corrected chi connectivity index (χ0v) is 12.6. The molecule has 1 aliphatic carbocycles. The van der Waals surface area contributed by atoms with Gasteiger partial charge in [0.25, 0.3) is 0 Å². The Morgan fingerprint density at radius 2 is 2.20 bits per heavy atom. The summed E-state index contributed by atoms with van der Waals surface area (Å²) in [7, 11) is 2.01. The number of nitrogens with two attached hydrogens (primary N) is 1. The molecule has 0 aromatic carbocycles. The fourth-order valence-electron chi connectivity index (χ4n) is 2.62. The van der Waals surface area contributed by atoms with Crippen molar-refractivity contribution in [3.05, 3.63) is 22.9 Å². The highest BCUT2D eigenvalue weighted by molar-refractivity contribution is 6.01. The summed E-state index contributed by atoms with van der Waals surface area (Å²) in [5, 5.41) is 12.2. The van der Waals surface area contributed by atoms with Crippen LogP contribution in [0.25, 0.3) is 0 Å². The highest BCUT2D eigenvalue weighted by atomic mass is 16.4. The lowest BCUT2D eigenvalue weighted by Crippen LogP contribution is -2.32. The summed E-state index contributed by atoms with van der Waals surface area (Å²) in [4.78, 5) is 6.92. The molecule has 5 nitrogen and oxygen atoms in total. The number of fused-ring (bicyclic) bond motifs is 1. The van der Waals surface area contributed by atoms with Gasteiger partial charge in [-0.1, -0.05) is 12.1 Å². The lowest BCUT2D eigenvalue weighted by molar-refractivity contribution is 0.318. The van der Waals surface area contributed by atoms with E-state index in [1.165, 1.54) is 18.4 Å². The van der Waals surface area contributed by atoms with Crippen LogP contribution < -0.4 is 10.6 Å². The average Bonchev–Trinajstić information content (AvgIpc) is 2.51. The normalized spacial score (nSPS) is 16.6. The third kappa shape index (κ3) is 2.71. The average molecular weight is 276 g/mol. The fourth-order valence-corrected chi connectivity index (χ4v) is 2.62. The minimum absolute atomic E-state index is 0.135. The van der Waals surface area contributed by atoms with Crippen molar-refractivity contribution in [2.24, 2.45) is 10.9 Å². The molecule has 5 heteroatoms. The van der Waals surface area contributed by atoms with E-state index in [0.717, 1.165) is 36.3 Å². The van der Waals surface area contributed by atoms with Crippen molar-refractivity contribution < 1.29 is 5.21 Å². The molecule has 0 saturated carbocycles. The maximum absolute atomic E-state index is 9.01. The van der Waals surface area contributed by atoms with Crippen molar-refractivity contribution in [2.45, 2.75) is 52.0 Å². The molecule has 0 amide bonds. The number of hydrogen-bond acceptors (Lipinski definition) is 4. The molecular formula is C15H24N4O. The van der Waals surface area contributed by atoms with Crippen LogP contribution in [0, 0.1) is 0 Å². The van der Waals surface area contributed by atoms with Gasteiger partial charge in [0.15, 0.2) is 5.84 Å². The Balaban J connectivity index is 2.52. The number of aromatic nitrogens is 1. The Morgan fingerprint density at radius 1 is 1.50 bits per heavy atom. The lowest BCUT2D eigenvalue weighted by atomic mass is 9.94. The first-order valence-electron chi connectivity index (χ1n) is 7.32. The Morgan fingerprint density at radius 3 is 2.85 bits per heavy atom. The van der Waals surface area contributed by atoms with Crippen LogP contribution in [0.5, 0.6) is 0 Å². The molecule has 0 bridgehead atoms. The molecule has 1 aliphatic rings. The van der Waals surface area contributed by atoms with Crippen LogP contribution in [0.1, 0.15) is 49.9 Å². The first kappa shape index (κ1) is 14.6. The molecular weight excluding hydrogens is 252 g/mol. The minimum Gasteiger partial charge on any atom is -0.409 e. The standard InChI is InChI=1S/C15H24N4O/c1-4-10(2)19(3)15-12(14(16)18-20)9-11-7-5-6-8-13(11)17-15/h9-10,20H,4-8H2,1-3H3,(H2,16,18). The van der Waals surface area contributed by atoms with E-state index in [4.69, 9.17) is 15.9 Å². The molecule has 1 unspecified atom stereocenters. The van der Waals surface area contributed by atoms with Gasteiger partial charge in [-0.3, -0.25) is 0 Å². The van der Waals surface area contributed by atoms with Gasteiger partial charge in [-0.15, -0.1) is 0 Å². The molecule has 0 fully saturated rings. The summed E-state index contributed by atoms with van der Waals surface area (Å²) >= 11 is 0. The smallest absolute Gasteiger partial charge is 0.173 e. The highest BCUT2D eigenvalue weighted by Gasteiger charge is 2.21. The number of hydrogen-bond donors (Lipinski definition) is 2. The first-order valence-corrected chi connectivity index (χ1v) is 7.32. The van der Waals surface area contributed by atoms with E-state index in [1.807, 2.05) is 13.1 Å². The van der Waals surface area contributed by atoms with Crippen LogP contribution in [-0.2, 0) is 12.8 Å². The number of oxime groups is 1. The van der Waals surface area contributed by atoms with Crippen molar-refractivity contribution in [1.82, 2.24) is 4.98 Å². The predicted octanol–water partition coefficient (Wildman–Crippen LogP) is 2.29. The quantitative estimate of drug-likeness (QED) is 0.383. The fraction of sp³-hybridized carbons (Fsp3) is 0.600. The van der Waals surface area contributed by atoms with E-state index in [2.05, 4.69) is 23.9 Å². The molecule has 110 valence electrons. The van der Waals surface area contributed by atoms with Gasteiger partial charge in [0, 0.05) is 18.8 Å². The van der Waals surface area contributed by atoms with Gasteiger partial charge in [-0.25, -0.2) is 4.98 Å². The second-order valence-electron chi connectivity index (χ2n) is 5.53. The Bertz CT molecular complexity index is 513. The van der Waals surface area contributed by atoms with Crippen LogP contribution in [0.3, 0.4) is 0 Å². The molecule has 3 N–H and O–H groups in total. The summed E-state index contributed by atoms with van der Waals surface area (Å²) in [5.41, 5.74) is 8.97. The van der Waals surface area contributed by atoms with Crippen LogP contribution in [0.2, 0.25) is 0 Å². The van der Waals surface area contributed by atoms with Crippen LogP contribution in [-0.4, -0.2) is 29.1 Å². The molecule has 0 radical (unpaired) electrons. The number of pyridine rings is 1. The molecule has 2 rings (SSSR count).